The number of carbonyl (C=O) groups excluding carboxylic acids is 1. The molecule has 1 amide bonds. The molecule has 0 aromatic heterocycles. The highest BCUT2D eigenvalue weighted by Gasteiger charge is 2.10. The normalized spacial score (nSPS) is 13.5. The van der Waals surface area contributed by atoms with Crippen molar-refractivity contribution >= 4 is 11.6 Å². The molecule has 3 aromatic carbocycles. The second-order valence-corrected chi connectivity index (χ2v) is 7.64. The molecule has 1 aliphatic rings. The van der Waals surface area contributed by atoms with Gasteiger partial charge in [0.25, 0.3) is 0 Å². The highest BCUT2D eigenvalue weighted by atomic mass is 16.1. The molecular formula is C27H26N2O. The Morgan fingerprint density at radius 2 is 1.50 bits per heavy atom. The Labute approximate surface area is 178 Å². The summed E-state index contributed by atoms with van der Waals surface area (Å²) in [5, 5.41) is 2.84. The Kier molecular flexibility index (Phi) is 6.59. The molecule has 0 radical (unpaired) electrons. The van der Waals surface area contributed by atoms with E-state index in [4.69, 9.17) is 0 Å². The molecule has 3 aromatic rings. The first kappa shape index (κ1) is 19.9. The van der Waals surface area contributed by atoms with Crippen molar-refractivity contribution in [3.05, 3.63) is 90.0 Å². The van der Waals surface area contributed by atoms with Gasteiger partial charge in [0.05, 0.1) is 0 Å². The molecule has 1 heterocycles. The Morgan fingerprint density at radius 1 is 0.833 bits per heavy atom. The molecule has 4 rings (SSSR count). The van der Waals surface area contributed by atoms with Crippen molar-refractivity contribution in [1.82, 2.24) is 4.90 Å². The number of benzene rings is 3. The van der Waals surface area contributed by atoms with E-state index in [0.717, 1.165) is 35.3 Å². The van der Waals surface area contributed by atoms with Crippen LogP contribution in [-0.2, 0) is 11.2 Å². The van der Waals surface area contributed by atoms with Crippen LogP contribution in [0.1, 0.15) is 24.0 Å². The average Bonchev–Trinajstić information content (AvgIpc) is 3.32. The highest BCUT2D eigenvalue weighted by Crippen LogP contribution is 2.20. The molecule has 0 saturated carbocycles. The van der Waals surface area contributed by atoms with Gasteiger partial charge in [0.15, 0.2) is 0 Å². The summed E-state index contributed by atoms with van der Waals surface area (Å²) in [7, 11) is 0. The summed E-state index contributed by atoms with van der Waals surface area (Å²) in [6.45, 7) is 3.58. The minimum absolute atomic E-state index is 0.305. The van der Waals surface area contributed by atoms with Gasteiger partial charge in [0.1, 0.15) is 0 Å². The van der Waals surface area contributed by atoms with Crippen LogP contribution in [0.15, 0.2) is 78.9 Å². The van der Waals surface area contributed by atoms with E-state index in [9.17, 15) is 4.79 Å². The first-order chi connectivity index (χ1) is 14.8. The lowest BCUT2D eigenvalue weighted by molar-refractivity contribution is -0.111. The SMILES string of the molecule is O=C(C#Cc1ccc(CCN2CCCC2)cc1)Nc1ccc(-c2ccccc2)cc1. The highest BCUT2D eigenvalue weighted by molar-refractivity contribution is 6.04. The molecule has 3 nitrogen and oxygen atoms in total. The number of likely N-dealkylation sites (tertiary alicyclic amines) is 1. The first-order valence-corrected chi connectivity index (χ1v) is 10.6. The number of nitrogens with one attached hydrogen (secondary N) is 1. The quantitative estimate of drug-likeness (QED) is 0.619. The van der Waals surface area contributed by atoms with Gasteiger partial charge in [-0.05, 0) is 73.3 Å². The van der Waals surface area contributed by atoms with Crippen molar-refractivity contribution in [3.63, 3.8) is 0 Å². The molecular weight excluding hydrogens is 368 g/mol. The maximum absolute atomic E-state index is 12.2. The fourth-order valence-electron chi connectivity index (χ4n) is 3.72. The zero-order valence-corrected chi connectivity index (χ0v) is 17.1. The van der Waals surface area contributed by atoms with Crippen LogP contribution in [0.2, 0.25) is 0 Å². The second kappa shape index (κ2) is 9.91. The number of hydrogen-bond acceptors (Lipinski definition) is 2. The molecule has 1 fully saturated rings. The van der Waals surface area contributed by atoms with Crippen molar-refractivity contribution in [3.8, 4) is 23.0 Å². The van der Waals surface area contributed by atoms with Gasteiger partial charge >= 0.3 is 5.91 Å². The average molecular weight is 395 g/mol. The standard InChI is InChI=1S/C27H26N2O/c30-27(28-26-15-13-25(14-16-26)24-6-2-1-3-7-24)17-12-22-8-10-23(11-9-22)18-21-29-19-4-5-20-29/h1-3,6-11,13-16H,4-5,18-21H2,(H,28,30). The number of rotatable bonds is 5. The molecule has 3 heteroatoms. The Hall–Kier alpha value is -3.35. The fraction of sp³-hybridized carbons (Fsp3) is 0.222. The number of carbonyl (C=O) groups is 1. The zero-order valence-electron chi connectivity index (χ0n) is 17.1. The van der Waals surface area contributed by atoms with Gasteiger partial charge in [-0.25, -0.2) is 0 Å². The van der Waals surface area contributed by atoms with Crippen LogP contribution < -0.4 is 5.32 Å². The largest absolute Gasteiger partial charge is 0.315 e. The lowest BCUT2D eigenvalue weighted by Crippen LogP contribution is -2.21. The predicted molar refractivity (Wildman–Crippen MR) is 123 cm³/mol. The summed E-state index contributed by atoms with van der Waals surface area (Å²) in [5.41, 5.74) is 5.18. The fourth-order valence-corrected chi connectivity index (χ4v) is 3.72. The maximum Gasteiger partial charge on any atom is 0.300 e. The van der Waals surface area contributed by atoms with Crippen LogP contribution >= 0.6 is 0 Å². The lowest BCUT2D eigenvalue weighted by Gasteiger charge is -2.13. The minimum Gasteiger partial charge on any atom is -0.315 e. The van der Waals surface area contributed by atoms with Crippen molar-refractivity contribution in [2.24, 2.45) is 0 Å². The molecule has 0 atom stereocenters. The predicted octanol–water partition coefficient (Wildman–Crippen LogP) is 4.98. The molecule has 1 aliphatic heterocycles. The van der Waals surface area contributed by atoms with Gasteiger partial charge in [-0.2, -0.15) is 0 Å². The maximum atomic E-state index is 12.2. The van der Waals surface area contributed by atoms with Crippen LogP contribution in [0.3, 0.4) is 0 Å². The van der Waals surface area contributed by atoms with E-state index in [1.807, 2.05) is 54.6 Å². The van der Waals surface area contributed by atoms with Crippen LogP contribution in [0.25, 0.3) is 11.1 Å². The van der Waals surface area contributed by atoms with E-state index in [-0.39, 0.29) is 5.91 Å². The third kappa shape index (κ3) is 5.59. The van der Waals surface area contributed by atoms with E-state index in [2.05, 4.69) is 46.3 Å². The van der Waals surface area contributed by atoms with Crippen molar-refractivity contribution in [1.29, 1.82) is 0 Å². The van der Waals surface area contributed by atoms with Gasteiger partial charge in [0, 0.05) is 23.7 Å². The molecule has 1 saturated heterocycles. The molecule has 1 N–H and O–H groups in total. The molecule has 0 bridgehead atoms. The molecule has 150 valence electrons. The Balaban J connectivity index is 1.30. The van der Waals surface area contributed by atoms with Gasteiger partial charge in [-0.1, -0.05) is 60.5 Å². The number of amides is 1. The Bertz CT molecular complexity index is 1020. The van der Waals surface area contributed by atoms with Crippen LogP contribution in [0, 0.1) is 11.8 Å². The topological polar surface area (TPSA) is 32.3 Å². The summed E-state index contributed by atoms with van der Waals surface area (Å²) in [6, 6.07) is 26.2. The molecule has 0 spiro atoms. The number of hydrogen-bond donors (Lipinski definition) is 1. The van der Waals surface area contributed by atoms with E-state index < -0.39 is 0 Å². The summed E-state index contributed by atoms with van der Waals surface area (Å²) in [4.78, 5) is 14.7. The third-order valence-corrected chi connectivity index (χ3v) is 5.44. The van der Waals surface area contributed by atoms with Gasteiger partial charge in [0.2, 0.25) is 0 Å². The summed E-state index contributed by atoms with van der Waals surface area (Å²) in [5.74, 6) is 5.33. The molecule has 30 heavy (non-hydrogen) atoms. The van der Waals surface area contributed by atoms with E-state index in [1.54, 1.807) is 0 Å². The summed E-state index contributed by atoms with van der Waals surface area (Å²) in [6.07, 6.45) is 3.72. The zero-order chi connectivity index (χ0) is 20.6. The number of nitrogens with zero attached hydrogens (tertiary/aromatic N) is 1. The Morgan fingerprint density at radius 3 is 2.20 bits per heavy atom. The van der Waals surface area contributed by atoms with E-state index in [1.165, 1.54) is 31.5 Å². The van der Waals surface area contributed by atoms with Crippen LogP contribution in [0.5, 0.6) is 0 Å². The number of anilines is 1. The summed E-state index contributed by atoms with van der Waals surface area (Å²) < 4.78 is 0. The minimum atomic E-state index is -0.305. The monoisotopic (exact) mass is 394 g/mol. The smallest absolute Gasteiger partial charge is 0.300 e. The van der Waals surface area contributed by atoms with Crippen molar-refractivity contribution < 1.29 is 4.79 Å². The van der Waals surface area contributed by atoms with Crippen molar-refractivity contribution in [2.45, 2.75) is 19.3 Å². The molecule has 0 unspecified atom stereocenters. The van der Waals surface area contributed by atoms with Crippen molar-refractivity contribution in [2.75, 3.05) is 25.0 Å². The lowest BCUT2D eigenvalue weighted by atomic mass is 10.1. The molecule has 0 aliphatic carbocycles. The van der Waals surface area contributed by atoms with Crippen LogP contribution in [0.4, 0.5) is 5.69 Å². The summed E-state index contributed by atoms with van der Waals surface area (Å²) >= 11 is 0. The van der Waals surface area contributed by atoms with Gasteiger partial charge in [-0.15, -0.1) is 0 Å². The third-order valence-electron chi connectivity index (χ3n) is 5.44. The van der Waals surface area contributed by atoms with Gasteiger partial charge in [-0.3, -0.25) is 4.79 Å². The second-order valence-electron chi connectivity index (χ2n) is 7.64. The first-order valence-electron chi connectivity index (χ1n) is 10.6. The van der Waals surface area contributed by atoms with E-state index >= 15 is 0 Å². The van der Waals surface area contributed by atoms with E-state index in [0.29, 0.717) is 0 Å². The van der Waals surface area contributed by atoms with Gasteiger partial charge < -0.3 is 10.2 Å². The van der Waals surface area contributed by atoms with Crippen LogP contribution in [-0.4, -0.2) is 30.4 Å².